The minimum absolute atomic E-state index is 0.0214. The number of hydrogen-bond acceptors (Lipinski definition) is 13. The smallest absolute Gasteiger partial charge is 0.303 e. The second kappa shape index (κ2) is 16.6. The van der Waals surface area contributed by atoms with Crippen LogP contribution in [0.3, 0.4) is 0 Å². The minimum atomic E-state index is -1.30. The zero-order valence-corrected chi connectivity index (χ0v) is 20.1. The van der Waals surface area contributed by atoms with Gasteiger partial charge in [0.15, 0.2) is 24.6 Å². The second-order valence-corrected chi connectivity index (χ2v) is 7.12. The summed E-state index contributed by atoms with van der Waals surface area (Å²) in [6.45, 7) is 5.29. The molecule has 1 fully saturated rings. The van der Waals surface area contributed by atoms with Crippen molar-refractivity contribution in [1.82, 2.24) is 0 Å². The van der Waals surface area contributed by atoms with Crippen molar-refractivity contribution in [2.24, 2.45) is 5.11 Å². The highest BCUT2D eigenvalue weighted by Crippen LogP contribution is 2.29. The van der Waals surface area contributed by atoms with E-state index in [4.69, 9.17) is 43.4 Å². The van der Waals surface area contributed by atoms with Crippen molar-refractivity contribution < 1.29 is 57.1 Å². The van der Waals surface area contributed by atoms with E-state index in [1.807, 2.05) is 0 Å². The zero-order chi connectivity index (χ0) is 26.2. The molecule has 0 N–H and O–H groups in total. The van der Waals surface area contributed by atoms with Gasteiger partial charge in [0.1, 0.15) is 12.7 Å². The van der Waals surface area contributed by atoms with Gasteiger partial charge >= 0.3 is 23.9 Å². The van der Waals surface area contributed by atoms with Crippen LogP contribution in [0.2, 0.25) is 0 Å². The number of carbonyl (C=O) groups is 4. The van der Waals surface area contributed by atoms with Crippen molar-refractivity contribution in [3.63, 3.8) is 0 Å². The molecule has 1 heterocycles. The fourth-order valence-corrected chi connectivity index (χ4v) is 3.02. The Kier molecular flexibility index (Phi) is 14.3. The van der Waals surface area contributed by atoms with Gasteiger partial charge in [-0.25, -0.2) is 0 Å². The normalized spacial score (nSPS) is 23.5. The number of azide groups is 1. The summed E-state index contributed by atoms with van der Waals surface area (Å²) in [6, 6.07) is 0. The van der Waals surface area contributed by atoms with Gasteiger partial charge in [-0.05, 0) is 5.53 Å². The quantitative estimate of drug-likeness (QED) is 0.0745. The molecule has 0 aromatic rings. The molecule has 0 spiro atoms. The van der Waals surface area contributed by atoms with Gasteiger partial charge in [-0.1, -0.05) is 5.11 Å². The highest BCUT2D eigenvalue weighted by Gasteiger charge is 2.52. The summed E-state index contributed by atoms with van der Waals surface area (Å²) >= 11 is 0. The largest absolute Gasteiger partial charge is 0.463 e. The van der Waals surface area contributed by atoms with Crippen molar-refractivity contribution in [3.05, 3.63) is 10.4 Å². The first-order valence-electron chi connectivity index (χ1n) is 10.7. The van der Waals surface area contributed by atoms with E-state index in [1.54, 1.807) is 0 Å². The monoisotopic (exact) mass is 505 g/mol. The summed E-state index contributed by atoms with van der Waals surface area (Å²) in [5.74, 6) is -2.80. The molecule has 0 unspecified atom stereocenters. The van der Waals surface area contributed by atoms with E-state index < -0.39 is 54.6 Å². The van der Waals surface area contributed by atoms with E-state index in [-0.39, 0.29) is 46.2 Å². The van der Waals surface area contributed by atoms with Gasteiger partial charge in [-0.15, -0.1) is 0 Å². The highest BCUT2D eigenvalue weighted by atomic mass is 16.7. The summed E-state index contributed by atoms with van der Waals surface area (Å²) in [5.41, 5.74) is 8.18. The summed E-state index contributed by atoms with van der Waals surface area (Å²) in [7, 11) is 0. The van der Waals surface area contributed by atoms with Gasteiger partial charge < -0.3 is 37.9 Å². The molecular weight excluding hydrogens is 474 g/mol. The molecule has 0 bridgehead atoms. The molecule has 5 atom stereocenters. The van der Waals surface area contributed by atoms with Crippen molar-refractivity contribution in [1.29, 1.82) is 0 Å². The summed E-state index contributed by atoms with van der Waals surface area (Å²) < 4.78 is 42.9. The predicted molar refractivity (Wildman–Crippen MR) is 114 cm³/mol. The van der Waals surface area contributed by atoms with E-state index in [2.05, 4.69) is 10.0 Å². The number of ether oxygens (including phenoxy) is 8. The van der Waals surface area contributed by atoms with Crippen LogP contribution in [0.4, 0.5) is 0 Å². The van der Waals surface area contributed by atoms with Crippen LogP contribution < -0.4 is 0 Å². The van der Waals surface area contributed by atoms with Crippen LogP contribution in [0.5, 0.6) is 0 Å². The molecule has 0 aromatic carbocycles. The molecule has 0 radical (unpaired) electrons. The SMILES string of the molecule is CC(=O)OC[C@H]1O[C@H](OCCOCCOCCN=[N+]=[N-])[C@@H](OC(C)=O)[C@@H](OC(C)=O)[C@@H]1OC(C)=O. The topological polar surface area (TPSA) is 191 Å². The first kappa shape index (κ1) is 30.1. The Morgan fingerprint density at radius 1 is 0.771 bits per heavy atom. The van der Waals surface area contributed by atoms with Gasteiger partial charge in [-0.2, -0.15) is 0 Å². The van der Waals surface area contributed by atoms with Gasteiger partial charge in [0.25, 0.3) is 0 Å². The van der Waals surface area contributed by atoms with Gasteiger partial charge in [0, 0.05) is 39.2 Å². The van der Waals surface area contributed by atoms with Crippen molar-refractivity contribution >= 4 is 23.9 Å². The van der Waals surface area contributed by atoms with Crippen molar-refractivity contribution in [2.75, 3.05) is 46.2 Å². The van der Waals surface area contributed by atoms with E-state index in [0.29, 0.717) is 0 Å². The lowest BCUT2D eigenvalue weighted by atomic mass is 9.98. The summed E-state index contributed by atoms with van der Waals surface area (Å²) in [4.78, 5) is 49.1. The third-order valence-electron chi connectivity index (χ3n) is 4.23. The molecule has 0 aliphatic carbocycles. The first-order valence-corrected chi connectivity index (χ1v) is 10.7. The molecule has 1 aliphatic rings. The molecule has 1 rings (SSSR count). The van der Waals surface area contributed by atoms with E-state index in [1.165, 1.54) is 6.92 Å². The van der Waals surface area contributed by atoms with E-state index in [0.717, 1.165) is 20.8 Å². The molecular formula is C20H31N3O12. The summed E-state index contributed by atoms with van der Waals surface area (Å²) in [5, 5.41) is 3.33. The molecule has 35 heavy (non-hydrogen) atoms. The third kappa shape index (κ3) is 12.3. The molecule has 15 heteroatoms. The Hall–Kier alpha value is -2.97. The number of carbonyl (C=O) groups excluding carboxylic acids is 4. The number of nitrogens with zero attached hydrogens (tertiary/aromatic N) is 3. The second-order valence-electron chi connectivity index (χ2n) is 7.12. The number of rotatable bonds is 15. The molecule has 0 saturated carbocycles. The maximum absolute atomic E-state index is 11.8. The van der Waals surface area contributed by atoms with Crippen LogP contribution in [0.1, 0.15) is 27.7 Å². The average Bonchev–Trinajstić information content (AvgIpc) is 2.76. The molecule has 15 nitrogen and oxygen atoms in total. The predicted octanol–water partition coefficient (Wildman–Crippen LogP) is 0.430. The first-order chi connectivity index (χ1) is 16.6. The number of esters is 4. The van der Waals surface area contributed by atoms with Crippen molar-refractivity contribution in [3.8, 4) is 0 Å². The Morgan fingerprint density at radius 2 is 1.31 bits per heavy atom. The van der Waals surface area contributed by atoms with Crippen LogP contribution in [-0.4, -0.2) is 101 Å². The zero-order valence-electron chi connectivity index (χ0n) is 20.1. The average molecular weight is 505 g/mol. The van der Waals surface area contributed by atoms with E-state index in [9.17, 15) is 19.2 Å². The van der Waals surface area contributed by atoms with Gasteiger partial charge in [0.05, 0.1) is 33.0 Å². The fraction of sp³-hybridized carbons (Fsp3) is 0.800. The van der Waals surface area contributed by atoms with Gasteiger partial charge in [0.2, 0.25) is 0 Å². The van der Waals surface area contributed by atoms with Gasteiger partial charge in [-0.3, -0.25) is 19.2 Å². The Bertz CT molecular complexity index is 758. The lowest BCUT2D eigenvalue weighted by molar-refractivity contribution is -0.309. The fourth-order valence-electron chi connectivity index (χ4n) is 3.02. The van der Waals surface area contributed by atoms with Crippen LogP contribution in [0.15, 0.2) is 5.11 Å². The van der Waals surface area contributed by atoms with Crippen LogP contribution in [0, 0.1) is 0 Å². The lowest BCUT2D eigenvalue weighted by Gasteiger charge is -2.44. The Morgan fingerprint density at radius 3 is 1.89 bits per heavy atom. The molecule has 1 aliphatic heterocycles. The highest BCUT2D eigenvalue weighted by molar-refractivity contribution is 5.68. The standard InChI is InChI=1S/C20H31N3O12/c1-12(24)31-11-16-17(32-13(2)25)18(33-14(3)26)19(34-15(4)27)20(35-16)30-10-9-29-8-7-28-6-5-22-23-21/h16-20H,5-11H2,1-4H3/t16-,17-,18+,19+,20+/m1/s1. The Labute approximate surface area is 201 Å². The number of hydrogen-bond donors (Lipinski definition) is 0. The molecule has 1 saturated heterocycles. The Balaban J connectivity index is 2.85. The molecule has 0 aromatic heterocycles. The maximum atomic E-state index is 11.8. The summed E-state index contributed by atoms with van der Waals surface area (Å²) in [6.07, 6.45) is -6.20. The third-order valence-corrected chi connectivity index (χ3v) is 4.23. The lowest BCUT2D eigenvalue weighted by Crippen LogP contribution is -2.63. The van der Waals surface area contributed by atoms with Crippen LogP contribution in [0.25, 0.3) is 10.4 Å². The maximum Gasteiger partial charge on any atom is 0.303 e. The van der Waals surface area contributed by atoms with E-state index >= 15 is 0 Å². The molecule has 0 amide bonds. The molecule has 198 valence electrons. The minimum Gasteiger partial charge on any atom is -0.463 e. The van der Waals surface area contributed by atoms with Crippen LogP contribution >= 0.6 is 0 Å². The van der Waals surface area contributed by atoms with Crippen LogP contribution in [-0.2, 0) is 57.1 Å². The van der Waals surface area contributed by atoms with Crippen molar-refractivity contribution in [2.45, 2.75) is 58.4 Å².